The Bertz CT molecular complexity index is 392. The Hall–Kier alpha value is -1.49. The van der Waals surface area contributed by atoms with Crippen LogP contribution in [0, 0.1) is 12.8 Å². The van der Waals surface area contributed by atoms with Gasteiger partial charge in [0.15, 0.2) is 0 Å². The van der Waals surface area contributed by atoms with Crippen molar-refractivity contribution in [3.05, 3.63) is 23.8 Å². The van der Waals surface area contributed by atoms with Crippen LogP contribution in [0.25, 0.3) is 0 Å². The molecule has 1 aromatic rings. The normalized spacial score (nSPS) is 12.5. The van der Waals surface area contributed by atoms with Crippen LogP contribution in [0.1, 0.15) is 32.3 Å². The molecule has 1 aromatic heterocycles. The van der Waals surface area contributed by atoms with Gasteiger partial charge in [0.1, 0.15) is 5.82 Å². The lowest BCUT2D eigenvalue weighted by Gasteiger charge is -2.15. The van der Waals surface area contributed by atoms with E-state index in [1.165, 1.54) is 0 Å². The zero-order chi connectivity index (χ0) is 13.5. The lowest BCUT2D eigenvalue weighted by molar-refractivity contribution is -0.122. The average molecular weight is 250 g/mol. The highest BCUT2D eigenvalue weighted by atomic mass is 16.2. The van der Waals surface area contributed by atoms with E-state index in [1.807, 2.05) is 19.9 Å². The number of nitrogens with zero attached hydrogens (tertiary/aromatic N) is 2. The summed E-state index contributed by atoms with van der Waals surface area (Å²) in [6, 6.07) is 1.62. The molecule has 2 N–H and O–H groups in total. The Morgan fingerprint density at radius 2 is 2.11 bits per heavy atom. The molecule has 0 radical (unpaired) electrons. The fourth-order valence-corrected chi connectivity index (χ4v) is 1.41. The molecule has 1 unspecified atom stereocenters. The van der Waals surface area contributed by atoms with E-state index in [1.54, 1.807) is 6.20 Å². The Kier molecular flexibility index (Phi) is 5.71. The SMILES string of the molecule is Cc1nccc(CNC(C)C(=O)NCC(C)C)n1. The number of aromatic nitrogens is 2. The van der Waals surface area contributed by atoms with Gasteiger partial charge >= 0.3 is 0 Å². The smallest absolute Gasteiger partial charge is 0.236 e. The minimum atomic E-state index is -0.223. The Labute approximate surface area is 108 Å². The van der Waals surface area contributed by atoms with E-state index in [0.29, 0.717) is 19.0 Å². The molecule has 0 aliphatic rings. The Morgan fingerprint density at radius 1 is 1.39 bits per heavy atom. The van der Waals surface area contributed by atoms with Crippen molar-refractivity contribution in [2.75, 3.05) is 6.54 Å². The van der Waals surface area contributed by atoms with Crippen LogP contribution in [-0.4, -0.2) is 28.5 Å². The summed E-state index contributed by atoms with van der Waals surface area (Å²) in [4.78, 5) is 20.0. The topological polar surface area (TPSA) is 66.9 Å². The quantitative estimate of drug-likeness (QED) is 0.791. The zero-order valence-electron chi connectivity index (χ0n) is 11.5. The minimum absolute atomic E-state index is 0.0227. The zero-order valence-corrected chi connectivity index (χ0v) is 11.5. The van der Waals surface area contributed by atoms with Crippen molar-refractivity contribution >= 4 is 5.91 Å². The minimum Gasteiger partial charge on any atom is -0.354 e. The van der Waals surface area contributed by atoms with E-state index >= 15 is 0 Å². The fraction of sp³-hybridized carbons (Fsp3) is 0.615. The van der Waals surface area contributed by atoms with Crippen LogP contribution in [0.4, 0.5) is 0 Å². The molecule has 0 aromatic carbocycles. The summed E-state index contributed by atoms with van der Waals surface area (Å²) in [6.45, 7) is 9.12. The van der Waals surface area contributed by atoms with Gasteiger partial charge in [0.2, 0.25) is 5.91 Å². The largest absolute Gasteiger partial charge is 0.354 e. The molecule has 100 valence electrons. The highest BCUT2D eigenvalue weighted by Gasteiger charge is 2.12. The predicted octanol–water partition coefficient (Wildman–Crippen LogP) is 1.04. The molecule has 1 amide bonds. The van der Waals surface area contributed by atoms with Gasteiger partial charge in [-0.25, -0.2) is 9.97 Å². The van der Waals surface area contributed by atoms with E-state index in [2.05, 4.69) is 34.4 Å². The number of carbonyl (C=O) groups is 1. The molecule has 1 heterocycles. The van der Waals surface area contributed by atoms with Gasteiger partial charge in [0, 0.05) is 19.3 Å². The second-order valence-electron chi connectivity index (χ2n) is 4.84. The highest BCUT2D eigenvalue weighted by molar-refractivity contribution is 5.81. The number of amides is 1. The van der Waals surface area contributed by atoms with Crippen LogP contribution in [0.15, 0.2) is 12.3 Å². The van der Waals surface area contributed by atoms with E-state index < -0.39 is 0 Å². The highest BCUT2D eigenvalue weighted by Crippen LogP contribution is 1.95. The maximum atomic E-state index is 11.7. The molecule has 0 fully saturated rings. The molecule has 0 saturated carbocycles. The molecule has 5 heteroatoms. The number of hydrogen-bond acceptors (Lipinski definition) is 4. The molecular weight excluding hydrogens is 228 g/mol. The van der Waals surface area contributed by atoms with Gasteiger partial charge in [-0.05, 0) is 25.8 Å². The maximum absolute atomic E-state index is 11.7. The molecule has 0 saturated heterocycles. The molecule has 0 aliphatic heterocycles. The second-order valence-corrected chi connectivity index (χ2v) is 4.84. The van der Waals surface area contributed by atoms with Gasteiger partial charge in [-0.1, -0.05) is 13.8 Å². The molecule has 1 atom stereocenters. The van der Waals surface area contributed by atoms with Crippen molar-refractivity contribution in [1.29, 1.82) is 0 Å². The van der Waals surface area contributed by atoms with Gasteiger partial charge in [0.25, 0.3) is 0 Å². The van der Waals surface area contributed by atoms with E-state index in [9.17, 15) is 4.79 Å². The first-order valence-electron chi connectivity index (χ1n) is 6.28. The van der Waals surface area contributed by atoms with Crippen molar-refractivity contribution in [3.63, 3.8) is 0 Å². The van der Waals surface area contributed by atoms with Crippen LogP contribution >= 0.6 is 0 Å². The first kappa shape index (κ1) is 14.6. The summed E-state index contributed by atoms with van der Waals surface area (Å²) in [5.41, 5.74) is 0.894. The first-order chi connectivity index (χ1) is 8.49. The molecule has 5 nitrogen and oxygen atoms in total. The number of nitrogens with one attached hydrogen (secondary N) is 2. The van der Waals surface area contributed by atoms with Crippen molar-refractivity contribution in [3.8, 4) is 0 Å². The summed E-state index contributed by atoms with van der Waals surface area (Å²) in [6.07, 6.45) is 1.73. The van der Waals surface area contributed by atoms with Crippen molar-refractivity contribution in [1.82, 2.24) is 20.6 Å². The lowest BCUT2D eigenvalue weighted by Crippen LogP contribution is -2.43. The summed E-state index contributed by atoms with van der Waals surface area (Å²) in [5.74, 6) is 1.23. The maximum Gasteiger partial charge on any atom is 0.236 e. The third-order valence-corrected chi connectivity index (χ3v) is 2.50. The third kappa shape index (κ3) is 5.23. The van der Waals surface area contributed by atoms with Crippen LogP contribution < -0.4 is 10.6 Å². The van der Waals surface area contributed by atoms with Crippen molar-refractivity contribution < 1.29 is 4.79 Å². The first-order valence-corrected chi connectivity index (χ1v) is 6.28. The number of carbonyl (C=O) groups excluding carboxylic acids is 1. The standard InChI is InChI=1S/C13H22N4O/c1-9(2)7-16-13(18)10(3)15-8-12-5-6-14-11(4)17-12/h5-6,9-10,15H,7-8H2,1-4H3,(H,16,18). The fourth-order valence-electron chi connectivity index (χ4n) is 1.41. The van der Waals surface area contributed by atoms with Crippen LogP contribution in [0.2, 0.25) is 0 Å². The molecule has 1 rings (SSSR count). The van der Waals surface area contributed by atoms with Crippen molar-refractivity contribution in [2.24, 2.45) is 5.92 Å². The summed E-state index contributed by atoms with van der Waals surface area (Å²) >= 11 is 0. The average Bonchev–Trinajstić information content (AvgIpc) is 2.33. The van der Waals surface area contributed by atoms with E-state index in [4.69, 9.17) is 0 Å². The van der Waals surface area contributed by atoms with Crippen LogP contribution in [-0.2, 0) is 11.3 Å². The lowest BCUT2D eigenvalue weighted by atomic mass is 10.2. The van der Waals surface area contributed by atoms with Gasteiger partial charge < -0.3 is 10.6 Å². The van der Waals surface area contributed by atoms with E-state index in [0.717, 1.165) is 11.5 Å². The van der Waals surface area contributed by atoms with Gasteiger partial charge in [-0.2, -0.15) is 0 Å². The molecule has 0 bridgehead atoms. The molecule has 0 aliphatic carbocycles. The summed E-state index contributed by atoms with van der Waals surface area (Å²) in [5, 5.41) is 6.04. The number of rotatable bonds is 6. The van der Waals surface area contributed by atoms with E-state index in [-0.39, 0.29) is 11.9 Å². The van der Waals surface area contributed by atoms with Gasteiger partial charge in [0.05, 0.1) is 11.7 Å². The Morgan fingerprint density at radius 3 is 2.72 bits per heavy atom. The molecular formula is C13H22N4O. The van der Waals surface area contributed by atoms with Gasteiger partial charge in [-0.3, -0.25) is 4.79 Å². The number of aryl methyl sites for hydroxylation is 1. The summed E-state index contributed by atoms with van der Waals surface area (Å²) in [7, 11) is 0. The third-order valence-electron chi connectivity index (χ3n) is 2.50. The van der Waals surface area contributed by atoms with Crippen LogP contribution in [0.5, 0.6) is 0 Å². The molecule has 18 heavy (non-hydrogen) atoms. The summed E-state index contributed by atoms with van der Waals surface area (Å²) < 4.78 is 0. The predicted molar refractivity (Wildman–Crippen MR) is 70.9 cm³/mol. The van der Waals surface area contributed by atoms with Crippen LogP contribution in [0.3, 0.4) is 0 Å². The number of hydrogen-bond donors (Lipinski definition) is 2. The van der Waals surface area contributed by atoms with Gasteiger partial charge in [-0.15, -0.1) is 0 Å². The second kappa shape index (κ2) is 7.06. The monoisotopic (exact) mass is 250 g/mol. The molecule has 0 spiro atoms. The Balaban J connectivity index is 2.36. The van der Waals surface area contributed by atoms with Crippen molar-refractivity contribution in [2.45, 2.75) is 40.3 Å².